The molecule has 2 heterocycles. The highest BCUT2D eigenvalue weighted by Gasteiger charge is 2.19. The molecule has 0 amide bonds. The Hall–Kier alpha value is -1.27. The van der Waals surface area contributed by atoms with Gasteiger partial charge in [0.25, 0.3) is 0 Å². The second kappa shape index (κ2) is 5.79. The maximum absolute atomic E-state index is 4.50. The standard InChI is InChI=1S/C13H16BrN5/c14-12-6-2-1-4-11(12)9-19-17-13(16-18-19)10-5-3-7-15-8-10/h1-2,4,6,10,15H,3,5,7-9H2. The summed E-state index contributed by atoms with van der Waals surface area (Å²) in [5.41, 5.74) is 1.16. The van der Waals surface area contributed by atoms with Crippen LogP contribution < -0.4 is 5.32 Å². The molecule has 1 aliphatic heterocycles. The summed E-state index contributed by atoms with van der Waals surface area (Å²) in [6, 6.07) is 8.11. The second-order valence-electron chi connectivity index (χ2n) is 4.81. The molecule has 6 heteroatoms. The van der Waals surface area contributed by atoms with Crippen molar-refractivity contribution in [2.75, 3.05) is 13.1 Å². The Labute approximate surface area is 120 Å². The van der Waals surface area contributed by atoms with Crippen molar-refractivity contribution < 1.29 is 0 Å². The van der Waals surface area contributed by atoms with E-state index in [2.05, 4.69) is 42.7 Å². The Morgan fingerprint density at radius 3 is 3.05 bits per heavy atom. The molecule has 100 valence electrons. The van der Waals surface area contributed by atoms with Gasteiger partial charge in [-0.1, -0.05) is 34.1 Å². The molecule has 1 saturated heterocycles. The molecule has 5 nitrogen and oxygen atoms in total. The molecule has 0 radical (unpaired) electrons. The van der Waals surface area contributed by atoms with Gasteiger partial charge >= 0.3 is 0 Å². The minimum atomic E-state index is 0.404. The van der Waals surface area contributed by atoms with E-state index in [9.17, 15) is 0 Å². The number of aromatic nitrogens is 4. The number of tetrazole rings is 1. The zero-order chi connectivity index (χ0) is 13.1. The van der Waals surface area contributed by atoms with Gasteiger partial charge in [0.15, 0.2) is 5.82 Å². The summed E-state index contributed by atoms with van der Waals surface area (Å²) in [4.78, 5) is 1.67. The summed E-state index contributed by atoms with van der Waals surface area (Å²) >= 11 is 3.54. The van der Waals surface area contributed by atoms with Crippen LogP contribution in [0.1, 0.15) is 30.1 Å². The van der Waals surface area contributed by atoms with Crippen LogP contribution in [0.3, 0.4) is 0 Å². The lowest BCUT2D eigenvalue weighted by molar-refractivity contribution is 0.444. The summed E-state index contributed by atoms with van der Waals surface area (Å²) in [7, 11) is 0. The summed E-state index contributed by atoms with van der Waals surface area (Å²) in [5.74, 6) is 1.26. The minimum absolute atomic E-state index is 0.404. The van der Waals surface area contributed by atoms with Crippen LogP contribution in [0.2, 0.25) is 0 Å². The van der Waals surface area contributed by atoms with Gasteiger partial charge in [0, 0.05) is 16.9 Å². The number of nitrogens with one attached hydrogen (secondary N) is 1. The first-order valence-electron chi connectivity index (χ1n) is 6.55. The van der Waals surface area contributed by atoms with Gasteiger partial charge in [-0.15, -0.1) is 10.2 Å². The number of halogens is 1. The van der Waals surface area contributed by atoms with E-state index in [1.165, 1.54) is 6.42 Å². The number of benzene rings is 1. The fraction of sp³-hybridized carbons (Fsp3) is 0.462. The van der Waals surface area contributed by atoms with Crippen molar-refractivity contribution in [3.8, 4) is 0 Å². The molecule has 1 unspecified atom stereocenters. The maximum Gasteiger partial charge on any atom is 0.179 e. The lowest BCUT2D eigenvalue weighted by Gasteiger charge is -2.19. The van der Waals surface area contributed by atoms with Crippen LogP contribution in [0.4, 0.5) is 0 Å². The SMILES string of the molecule is Brc1ccccc1Cn1nnc(C2CCCNC2)n1. The number of hydrogen-bond donors (Lipinski definition) is 1. The molecule has 1 aromatic heterocycles. The quantitative estimate of drug-likeness (QED) is 0.938. The van der Waals surface area contributed by atoms with E-state index in [-0.39, 0.29) is 0 Å². The fourth-order valence-electron chi connectivity index (χ4n) is 2.34. The van der Waals surface area contributed by atoms with Crippen LogP contribution in [-0.4, -0.2) is 33.3 Å². The molecular weight excluding hydrogens is 306 g/mol. The van der Waals surface area contributed by atoms with E-state index in [0.717, 1.165) is 35.4 Å². The minimum Gasteiger partial charge on any atom is -0.316 e. The predicted molar refractivity (Wildman–Crippen MR) is 75.9 cm³/mol. The van der Waals surface area contributed by atoms with Crippen molar-refractivity contribution in [3.05, 3.63) is 40.1 Å². The molecule has 19 heavy (non-hydrogen) atoms. The number of nitrogens with zero attached hydrogens (tertiary/aromatic N) is 4. The van der Waals surface area contributed by atoms with Gasteiger partial charge in [0.05, 0.1) is 6.54 Å². The van der Waals surface area contributed by atoms with Crippen LogP contribution >= 0.6 is 15.9 Å². The highest BCUT2D eigenvalue weighted by molar-refractivity contribution is 9.10. The summed E-state index contributed by atoms with van der Waals surface area (Å²) in [6.07, 6.45) is 2.33. The first-order valence-corrected chi connectivity index (χ1v) is 7.34. The first-order chi connectivity index (χ1) is 9.33. The Kier molecular flexibility index (Phi) is 3.89. The van der Waals surface area contributed by atoms with Crippen LogP contribution in [0, 0.1) is 0 Å². The highest BCUT2D eigenvalue weighted by Crippen LogP contribution is 2.20. The third kappa shape index (κ3) is 3.01. The molecule has 1 fully saturated rings. The maximum atomic E-state index is 4.50. The van der Waals surface area contributed by atoms with Gasteiger partial charge in [0.1, 0.15) is 0 Å². The van der Waals surface area contributed by atoms with E-state index in [1.54, 1.807) is 4.80 Å². The zero-order valence-electron chi connectivity index (χ0n) is 10.6. The molecule has 1 aromatic carbocycles. The largest absolute Gasteiger partial charge is 0.316 e. The molecule has 1 atom stereocenters. The number of rotatable bonds is 3. The van der Waals surface area contributed by atoms with E-state index in [4.69, 9.17) is 0 Å². The van der Waals surface area contributed by atoms with Crippen molar-refractivity contribution in [1.82, 2.24) is 25.5 Å². The molecule has 1 N–H and O–H groups in total. The topological polar surface area (TPSA) is 55.6 Å². The monoisotopic (exact) mass is 321 g/mol. The van der Waals surface area contributed by atoms with Crippen molar-refractivity contribution in [2.45, 2.75) is 25.3 Å². The van der Waals surface area contributed by atoms with Crippen LogP contribution in [0.25, 0.3) is 0 Å². The van der Waals surface area contributed by atoms with E-state index in [1.807, 2.05) is 18.2 Å². The first kappa shape index (κ1) is 12.7. The van der Waals surface area contributed by atoms with Crippen molar-refractivity contribution in [2.24, 2.45) is 0 Å². The summed E-state index contributed by atoms with van der Waals surface area (Å²) in [5, 5.41) is 16.2. The van der Waals surface area contributed by atoms with E-state index >= 15 is 0 Å². The van der Waals surface area contributed by atoms with Crippen LogP contribution in [0.15, 0.2) is 28.7 Å². The molecule has 0 spiro atoms. The number of piperidine rings is 1. The Balaban J connectivity index is 1.73. The van der Waals surface area contributed by atoms with Crippen molar-refractivity contribution in [1.29, 1.82) is 0 Å². The number of hydrogen-bond acceptors (Lipinski definition) is 4. The molecule has 0 saturated carbocycles. The molecule has 3 rings (SSSR count). The molecule has 1 aliphatic rings. The van der Waals surface area contributed by atoms with Crippen molar-refractivity contribution >= 4 is 15.9 Å². The average molecular weight is 322 g/mol. The van der Waals surface area contributed by atoms with Gasteiger partial charge in [0.2, 0.25) is 0 Å². The predicted octanol–water partition coefficient (Wildman–Crippen LogP) is 1.95. The van der Waals surface area contributed by atoms with Gasteiger partial charge in [-0.05, 0) is 36.2 Å². The average Bonchev–Trinajstić information content (AvgIpc) is 2.91. The second-order valence-corrected chi connectivity index (χ2v) is 5.67. The Morgan fingerprint density at radius 1 is 1.37 bits per heavy atom. The Morgan fingerprint density at radius 2 is 2.26 bits per heavy atom. The highest BCUT2D eigenvalue weighted by atomic mass is 79.9. The fourth-order valence-corrected chi connectivity index (χ4v) is 2.75. The van der Waals surface area contributed by atoms with Gasteiger partial charge < -0.3 is 5.32 Å². The molecular formula is C13H16BrN5. The van der Waals surface area contributed by atoms with Crippen LogP contribution in [-0.2, 0) is 6.54 Å². The third-order valence-electron chi connectivity index (χ3n) is 3.40. The van der Waals surface area contributed by atoms with Gasteiger partial charge in [-0.2, -0.15) is 4.80 Å². The lowest BCUT2D eigenvalue weighted by Crippen LogP contribution is -2.29. The smallest absolute Gasteiger partial charge is 0.179 e. The summed E-state index contributed by atoms with van der Waals surface area (Å²) < 4.78 is 1.08. The van der Waals surface area contributed by atoms with E-state index in [0.29, 0.717) is 12.5 Å². The van der Waals surface area contributed by atoms with Crippen molar-refractivity contribution in [3.63, 3.8) is 0 Å². The lowest BCUT2D eigenvalue weighted by atomic mass is 9.99. The van der Waals surface area contributed by atoms with Gasteiger partial charge in [-0.25, -0.2) is 0 Å². The summed E-state index contributed by atoms with van der Waals surface area (Å²) in [6.45, 7) is 2.71. The van der Waals surface area contributed by atoms with E-state index < -0.39 is 0 Å². The Bertz CT molecular complexity index is 547. The van der Waals surface area contributed by atoms with Gasteiger partial charge in [-0.3, -0.25) is 0 Å². The molecule has 0 bridgehead atoms. The molecule has 2 aromatic rings. The van der Waals surface area contributed by atoms with Crippen LogP contribution in [0.5, 0.6) is 0 Å². The molecule has 0 aliphatic carbocycles. The zero-order valence-corrected chi connectivity index (χ0v) is 12.2. The normalized spacial score (nSPS) is 19.5. The third-order valence-corrected chi connectivity index (χ3v) is 4.17.